The summed E-state index contributed by atoms with van der Waals surface area (Å²) < 4.78 is 2.43. The molecule has 0 amide bonds. The van der Waals surface area contributed by atoms with E-state index in [1.54, 1.807) is 0 Å². The average molecular weight is 751 g/mol. The van der Waals surface area contributed by atoms with Gasteiger partial charge in [0.15, 0.2) is 0 Å². The van der Waals surface area contributed by atoms with Gasteiger partial charge in [-0.3, -0.25) is 0 Å². The van der Waals surface area contributed by atoms with Crippen molar-refractivity contribution in [3.8, 4) is 16.8 Å². The Balaban J connectivity index is 1.03. The molecule has 276 valence electrons. The van der Waals surface area contributed by atoms with Crippen LogP contribution in [0.4, 0.5) is 17.1 Å². The first-order chi connectivity index (χ1) is 29.3. The number of aromatic nitrogens is 1. The molecule has 0 N–H and O–H groups in total. The Bertz CT molecular complexity index is 3270. The Morgan fingerprint density at radius 2 is 0.831 bits per heavy atom. The van der Waals surface area contributed by atoms with Gasteiger partial charge in [-0.1, -0.05) is 164 Å². The molecule has 1 aromatic heterocycles. The lowest BCUT2D eigenvalue weighted by atomic mass is 9.67. The number of benzene rings is 10. The first kappa shape index (κ1) is 33.5. The summed E-state index contributed by atoms with van der Waals surface area (Å²) >= 11 is 0. The van der Waals surface area contributed by atoms with Crippen LogP contribution in [0.15, 0.2) is 231 Å². The highest BCUT2D eigenvalue weighted by molar-refractivity contribution is 6.10. The third-order valence-electron chi connectivity index (χ3n) is 12.6. The molecule has 0 atom stereocenters. The predicted octanol–water partition coefficient (Wildman–Crippen LogP) is 14.9. The van der Waals surface area contributed by atoms with Crippen molar-refractivity contribution in [3.63, 3.8) is 0 Å². The van der Waals surface area contributed by atoms with E-state index in [0.29, 0.717) is 0 Å². The summed E-state index contributed by atoms with van der Waals surface area (Å²) in [6.07, 6.45) is 0. The van der Waals surface area contributed by atoms with E-state index in [4.69, 9.17) is 0 Å². The molecule has 2 nitrogen and oxygen atoms in total. The van der Waals surface area contributed by atoms with Crippen LogP contribution in [0.2, 0.25) is 0 Å². The Morgan fingerprint density at radius 3 is 1.47 bits per heavy atom. The third-order valence-corrected chi connectivity index (χ3v) is 12.6. The molecular formula is C57H38N2. The lowest BCUT2D eigenvalue weighted by Crippen LogP contribution is -2.28. The van der Waals surface area contributed by atoms with E-state index in [0.717, 1.165) is 22.7 Å². The Hall–Kier alpha value is -7.68. The molecule has 59 heavy (non-hydrogen) atoms. The SMILES string of the molecule is c1ccc(C2(c3ccc4c(c3)c3ccccc3n4-c3ccc(N(c4ccc5ccccc5c4)c4ccc5ccccc5c4)cc3)c3ccccc3-c3ccccc32)cc1. The molecule has 0 aliphatic heterocycles. The maximum Gasteiger partial charge on any atom is 0.0713 e. The van der Waals surface area contributed by atoms with E-state index in [2.05, 4.69) is 240 Å². The molecule has 1 heterocycles. The van der Waals surface area contributed by atoms with E-state index in [9.17, 15) is 0 Å². The molecule has 0 spiro atoms. The monoisotopic (exact) mass is 750 g/mol. The number of hydrogen-bond acceptors (Lipinski definition) is 1. The minimum absolute atomic E-state index is 0.456. The first-order valence-corrected chi connectivity index (χ1v) is 20.4. The first-order valence-electron chi connectivity index (χ1n) is 20.4. The van der Waals surface area contributed by atoms with Gasteiger partial charge in [-0.2, -0.15) is 0 Å². The zero-order chi connectivity index (χ0) is 38.9. The Labute approximate surface area is 343 Å². The number of fused-ring (bicyclic) bond motifs is 8. The molecule has 2 heteroatoms. The molecule has 0 radical (unpaired) electrons. The molecule has 0 fully saturated rings. The van der Waals surface area contributed by atoms with Crippen molar-refractivity contribution in [3.05, 3.63) is 253 Å². The smallest absolute Gasteiger partial charge is 0.0713 e. The van der Waals surface area contributed by atoms with Gasteiger partial charge in [0.05, 0.1) is 16.4 Å². The van der Waals surface area contributed by atoms with Crippen LogP contribution >= 0.6 is 0 Å². The lowest BCUT2D eigenvalue weighted by Gasteiger charge is -2.34. The summed E-state index contributed by atoms with van der Waals surface area (Å²) in [7, 11) is 0. The molecule has 11 aromatic rings. The summed E-state index contributed by atoms with van der Waals surface area (Å²) in [5, 5.41) is 7.39. The number of rotatable bonds is 6. The van der Waals surface area contributed by atoms with Crippen molar-refractivity contribution in [2.45, 2.75) is 5.41 Å². The minimum atomic E-state index is -0.456. The van der Waals surface area contributed by atoms with Crippen LogP contribution < -0.4 is 4.90 Å². The second-order valence-corrected chi connectivity index (χ2v) is 15.7. The second kappa shape index (κ2) is 13.2. The topological polar surface area (TPSA) is 8.17 Å². The van der Waals surface area contributed by atoms with Gasteiger partial charge in [0.2, 0.25) is 0 Å². The van der Waals surface area contributed by atoms with Gasteiger partial charge in [0.25, 0.3) is 0 Å². The standard InChI is InChI=1S/C57H38N2/c1-2-18-43(19-3-1)57(53-23-11-8-20-49(53)50-21-9-12-24-54(50)57)44-28-35-56-52(38-44)51-22-10-13-25-55(51)59(56)46-33-31-45(32-34-46)58(47-29-26-39-14-4-6-16-41(39)36-47)48-30-27-40-15-5-7-17-42(40)37-48/h1-38H. The fraction of sp³-hybridized carbons (Fsp3) is 0.0175. The van der Waals surface area contributed by atoms with Gasteiger partial charge in [0.1, 0.15) is 0 Å². The van der Waals surface area contributed by atoms with Crippen LogP contribution in [0.3, 0.4) is 0 Å². The number of anilines is 3. The van der Waals surface area contributed by atoms with Gasteiger partial charge in [-0.25, -0.2) is 0 Å². The highest BCUT2D eigenvalue weighted by Gasteiger charge is 2.46. The van der Waals surface area contributed by atoms with Gasteiger partial charge >= 0.3 is 0 Å². The number of para-hydroxylation sites is 1. The number of hydrogen-bond donors (Lipinski definition) is 0. The molecule has 12 rings (SSSR count). The van der Waals surface area contributed by atoms with Crippen molar-refractivity contribution < 1.29 is 0 Å². The van der Waals surface area contributed by atoms with E-state index in [1.807, 2.05) is 0 Å². The fourth-order valence-electron chi connectivity index (χ4n) is 10.0. The van der Waals surface area contributed by atoms with Crippen molar-refractivity contribution >= 4 is 60.4 Å². The van der Waals surface area contributed by atoms with Crippen molar-refractivity contribution in [1.82, 2.24) is 4.57 Å². The molecule has 0 saturated carbocycles. The van der Waals surface area contributed by atoms with E-state index in [-0.39, 0.29) is 0 Å². The Morgan fingerprint density at radius 1 is 0.322 bits per heavy atom. The predicted molar refractivity (Wildman–Crippen MR) is 248 cm³/mol. The second-order valence-electron chi connectivity index (χ2n) is 15.7. The minimum Gasteiger partial charge on any atom is -0.310 e. The number of nitrogens with zero attached hydrogens (tertiary/aromatic N) is 2. The van der Waals surface area contributed by atoms with Crippen LogP contribution in [0.5, 0.6) is 0 Å². The van der Waals surface area contributed by atoms with E-state index >= 15 is 0 Å². The maximum absolute atomic E-state index is 2.47. The third kappa shape index (κ3) is 5.06. The van der Waals surface area contributed by atoms with Crippen LogP contribution in [-0.2, 0) is 5.41 Å². The average Bonchev–Trinajstić information content (AvgIpc) is 3.80. The summed E-state index contributed by atoms with van der Waals surface area (Å²) in [6.45, 7) is 0. The largest absolute Gasteiger partial charge is 0.310 e. The van der Waals surface area contributed by atoms with Crippen LogP contribution in [0.1, 0.15) is 22.3 Å². The fourth-order valence-corrected chi connectivity index (χ4v) is 10.0. The molecule has 0 saturated heterocycles. The van der Waals surface area contributed by atoms with E-state index in [1.165, 1.54) is 76.7 Å². The van der Waals surface area contributed by atoms with Gasteiger partial charge in [0, 0.05) is 33.5 Å². The van der Waals surface area contributed by atoms with Crippen molar-refractivity contribution in [2.24, 2.45) is 0 Å². The molecule has 0 unspecified atom stereocenters. The summed E-state index contributed by atoms with van der Waals surface area (Å²) in [5.74, 6) is 0. The van der Waals surface area contributed by atoms with Crippen molar-refractivity contribution in [1.29, 1.82) is 0 Å². The Kier molecular flexibility index (Phi) is 7.48. The highest BCUT2D eigenvalue weighted by Crippen LogP contribution is 2.56. The normalized spacial score (nSPS) is 12.9. The maximum atomic E-state index is 2.47. The molecule has 0 bridgehead atoms. The zero-order valence-corrected chi connectivity index (χ0v) is 32.3. The van der Waals surface area contributed by atoms with Crippen LogP contribution in [0.25, 0.3) is 60.2 Å². The van der Waals surface area contributed by atoms with Crippen molar-refractivity contribution in [2.75, 3.05) is 4.90 Å². The van der Waals surface area contributed by atoms with Crippen LogP contribution in [0, 0.1) is 0 Å². The summed E-state index contributed by atoms with van der Waals surface area (Å²) in [4.78, 5) is 2.38. The van der Waals surface area contributed by atoms with Gasteiger partial charge < -0.3 is 9.47 Å². The van der Waals surface area contributed by atoms with Gasteiger partial charge in [-0.05, 0) is 122 Å². The quantitative estimate of drug-likeness (QED) is 0.164. The molecular weight excluding hydrogens is 713 g/mol. The highest BCUT2D eigenvalue weighted by atomic mass is 15.1. The summed E-state index contributed by atoms with van der Waals surface area (Å²) in [6, 6.07) is 84.9. The zero-order valence-electron chi connectivity index (χ0n) is 32.3. The van der Waals surface area contributed by atoms with Crippen LogP contribution in [-0.4, -0.2) is 4.57 Å². The summed E-state index contributed by atoms with van der Waals surface area (Å²) in [5.41, 5.74) is 14.2. The van der Waals surface area contributed by atoms with E-state index < -0.39 is 5.41 Å². The lowest BCUT2D eigenvalue weighted by molar-refractivity contribution is 0.770. The molecule has 1 aliphatic rings. The molecule has 10 aromatic carbocycles. The van der Waals surface area contributed by atoms with Gasteiger partial charge in [-0.15, -0.1) is 0 Å². The molecule has 1 aliphatic carbocycles.